The number of urea groups is 1. The lowest BCUT2D eigenvalue weighted by Crippen LogP contribution is -2.50. The number of carbonyl (C=O) groups excluding carboxylic acids is 1. The van der Waals surface area contributed by atoms with Gasteiger partial charge in [-0.25, -0.2) is 14.8 Å². The Kier molecular flexibility index (Phi) is 5.84. The number of nitrogens with two attached hydrogens (primary N) is 1. The van der Waals surface area contributed by atoms with Crippen molar-refractivity contribution in [1.29, 1.82) is 0 Å². The number of alkyl halides is 3. The molecule has 1 saturated carbocycles. The molecule has 0 radical (unpaired) electrons. The monoisotopic (exact) mass is 435 g/mol. The first-order chi connectivity index (χ1) is 14.8. The van der Waals surface area contributed by atoms with Crippen LogP contribution in [0.15, 0.2) is 35.2 Å². The Bertz CT molecular complexity index is 924. The lowest BCUT2D eigenvalue weighted by molar-refractivity contribution is -0.123. The molecule has 8 nitrogen and oxygen atoms in total. The molecular weight excluding hydrogens is 411 g/mol. The molecule has 3 heterocycles. The first kappa shape index (κ1) is 21.1. The van der Waals surface area contributed by atoms with Crippen LogP contribution in [0.2, 0.25) is 0 Å². The van der Waals surface area contributed by atoms with Gasteiger partial charge in [0.2, 0.25) is 5.95 Å². The molecular formula is C20H24F3N7O. The molecule has 2 atom stereocenters. The summed E-state index contributed by atoms with van der Waals surface area (Å²) in [6.07, 6.45) is 6.32. The quantitative estimate of drug-likeness (QED) is 0.596. The minimum Gasteiger partial charge on any atom is -0.403 e. The van der Waals surface area contributed by atoms with E-state index in [1.54, 1.807) is 18.5 Å². The van der Waals surface area contributed by atoms with Gasteiger partial charge in [-0.2, -0.15) is 13.2 Å². The Balaban J connectivity index is 1.44. The molecule has 4 rings (SSSR count). The van der Waals surface area contributed by atoms with E-state index in [0.29, 0.717) is 36.2 Å². The summed E-state index contributed by atoms with van der Waals surface area (Å²) >= 11 is 0. The number of rotatable bonds is 6. The van der Waals surface area contributed by atoms with Gasteiger partial charge in [0.25, 0.3) is 0 Å². The number of amides is 2. The fourth-order valence-corrected chi connectivity index (χ4v) is 3.86. The van der Waals surface area contributed by atoms with Crippen LogP contribution in [0.1, 0.15) is 37.8 Å². The average Bonchev–Trinajstić information content (AvgIpc) is 3.53. The fourth-order valence-electron chi connectivity index (χ4n) is 3.86. The Morgan fingerprint density at radius 1 is 1.32 bits per heavy atom. The van der Waals surface area contributed by atoms with E-state index in [9.17, 15) is 18.0 Å². The number of anilines is 1. The second kappa shape index (κ2) is 8.56. The van der Waals surface area contributed by atoms with Crippen LogP contribution in [0.5, 0.6) is 0 Å². The van der Waals surface area contributed by atoms with Gasteiger partial charge in [0, 0.05) is 24.7 Å². The Morgan fingerprint density at radius 2 is 2.13 bits per heavy atom. The molecule has 2 aliphatic heterocycles. The van der Waals surface area contributed by atoms with E-state index in [2.05, 4.69) is 20.3 Å². The van der Waals surface area contributed by atoms with Crippen molar-refractivity contribution in [3.8, 4) is 0 Å². The van der Waals surface area contributed by atoms with Gasteiger partial charge >= 0.3 is 12.2 Å². The van der Waals surface area contributed by atoms with Crippen LogP contribution in [0, 0.1) is 0 Å². The molecule has 2 fully saturated rings. The van der Waals surface area contributed by atoms with E-state index in [1.807, 2.05) is 11.4 Å². The third-order valence-electron chi connectivity index (χ3n) is 5.46. The molecule has 2 bridgehead atoms. The van der Waals surface area contributed by atoms with Gasteiger partial charge in [0.1, 0.15) is 6.54 Å². The van der Waals surface area contributed by atoms with E-state index in [4.69, 9.17) is 5.73 Å². The van der Waals surface area contributed by atoms with E-state index in [-0.39, 0.29) is 12.1 Å². The van der Waals surface area contributed by atoms with Gasteiger partial charge in [-0.05, 0) is 43.7 Å². The van der Waals surface area contributed by atoms with Gasteiger partial charge < -0.3 is 21.3 Å². The van der Waals surface area contributed by atoms with Gasteiger partial charge in [-0.15, -0.1) is 0 Å². The van der Waals surface area contributed by atoms with Crippen molar-refractivity contribution < 1.29 is 18.0 Å². The van der Waals surface area contributed by atoms with E-state index >= 15 is 0 Å². The third kappa shape index (κ3) is 5.33. The molecule has 2 unspecified atom stereocenters. The zero-order valence-electron chi connectivity index (χ0n) is 16.8. The number of nitrogens with zero attached hydrogens (tertiary/aromatic N) is 4. The van der Waals surface area contributed by atoms with Crippen LogP contribution in [-0.2, 0) is 0 Å². The number of halogens is 3. The van der Waals surface area contributed by atoms with Crippen molar-refractivity contribution in [2.45, 2.75) is 56.4 Å². The smallest absolute Gasteiger partial charge is 0.403 e. The second-order valence-corrected chi connectivity index (χ2v) is 7.90. The number of carbonyl (C=O) groups is 1. The number of nitrogens with one attached hydrogen (secondary N) is 2. The van der Waals surface area contributed by atoms with Gasteiger partial charge in [0.05, 0.1) is 23.5 Å². The first-order valence-corrected chi connectivity index (χ1v) is 10.2. The number of hydrogen-bond donors (Lipinski definition) is 3. The zero-order chi connectivity index (χ0) is 22.0. The minimum atomic E-state index is -4.43. The summed E-state index contributed by atoms with van der Waals surface area (Å²) in [5.74, 6) is 0.370. The molecule has 1 saturated heterocycles. The fraction of sp³-hybridized carbons (Fsp3) is 0.500. The lowest BCUT2D eigenvalue weighted by atomic mass is 9.98. The molecule has 1 aliphatic carbocycles. The van der Waals surface area contributed by atoms with Crippen molar-refractivity contribution in [2.24, 2.45) is 10.7 Å². The molecule has 1 aromatic heterocycles. The standard InChI is InChI=1S/C20H24F3N7O/c21-20(22,23)11-27-19(31)30-15-3-4-16(30)8-12(7-15)17-5-6-25-18(29-17)28-14(9-24)10-26-13-1-2-13/h5-7,9-10,13,15-16H,1-4,8,11,24H2,(H,27,31)(H,25,28,29). The minimum absolute atomic E-state index is 0.158. The maximum atomic E-state index is 12.4. The maximum absolute atomic E-state index is 12.4. The number of allylic oxidation sites excluding steroid dienone is 1. The predicted molar refractivity (Wildman–Crippen MR) is 110 cm³/mol. The molecule has 166 valence electrons. The molecule has 31 heavy (non-hydrogen) atoms. The molecule has 1 aromatic rings. The van der Waals surface area contributed by atoms with Crippen molar-refractivity contribution in [3.05, 3.63) is 35.9 Å². The van der Waals surface area contributed by atoms with Crippen molar-refractivity contribution in [2.75, 3.05) is 11.9 Å². The normalized spacial score (nSPS) is 23.8. The molecule has 0 aromatic carbocycles. The van der Waals surface area contributed by atoms with Crippen molar-refractivity contribution in [3.63, 3.8) is 0 Å². The van der Waals surface area contributed by atoms with Crippen LogP contribution in [-0.4, -0.2) is 58.0 Å². The summed E-state index contributed by atoms with van der Waals surface area (Å²) in [5.41, 5.74) is 7.90. The van der Waals surface area contributed by atoms with Gasteiger partial charge in [-0.1, -0.05) is 6.08 Å². The summed E-state index contributed by atoms with van der Waals surface area (Å²) in [5, 5.41) is 5.02. The Hall–Kier alpha value is -3.11. The highest BCUT2D eigenvalue weighted by Gasteiger charge is 2.41. The number of aromatic nitrogens is 2. The highest BCUT2D eigenvalue weighted by molar-refractivity contribution is 5.82. The largest absolute Gasteiger partial charge is 0.405 e. The third-order valence-corrected chi connectivity index (χ3v) is 5.46. The van der Waals surface area contributed by atoms with Crippen LogP contribution < -0.4 is 16.4 Å². The van der Waals surface area contributed by atoms with Crippen molar-refractivity contribution >= 4 is 23.8 Å². The zero-order valence-corrected chi connectivity index (χ0v) is 16.8. The molecule has 3 aliphatic rings. The van der Waals surface area contributed by atoms with Gasteiger partial charge in [0.15, 0.2) is 0 Å². The van der Waals surface area contributed by atoms with Crippen molar-refractivity contribution in [1.82, 2.24) is 20.2 Å². The number of fused-ring (bicyclic) bond motifs is 2. The van der Waals surface area contributed by atoms with Crippen LogP contribution in [0.4, 0.5) is 23.9 Å². The van der Waals surface area contributed by atoms with E-state index < -0.39 is 18.8 Å². The SMILES string of the molecule is NC=C(C=NC1CC1)Nc1nccc(C2=CC3CCC(C2)N3C(=O)NCC(F)(F)F)n1. The van der Waals surface area contributed by atoms with Crippen LogP contribution in [0.25, 0.3) is 5.57 Å². The first-order valence-electron chi connectivity index (χ1n) is 10.2. The van der Waals surface area contributed by atoms with E-state index in [1.165, 1.54) is 11.1 Å². The van der Waals surface area contributed by atoms with E-state index in [0.717, 1.165) is 24.8 Å². The highest BCUT2D eigenvalue weighted by Crippen LogP contribution is 2.38. The molecule has 2 amide bonds. The van der Waals surface area contributed by atoms with Crippen LogP contribution >= 0.6 is 0 Å². The Labute approximate surface area is 177 Å². The second-order valence-electron chi connectivity index (χ2n) is 7.90. The summed E-state index contributed by atoms with van der Waals surface area (Å²) < 4.78 is 37.3. The topological polar surface area (TPSA) is 109 Å². The summed E-state index contributed by atoms with van der Waals surface area (Å²) in [7, 11) is 0. The Morgan fingerprint density at radius 3 is 2.81 bits per heavy atom. The van der Waals surface area contributed by atoms with Gasteiger partial charge in [-0.3, -0.25) is 4.99 Å². The van der Waals surface area contributed by atoms with Crippen LogP contribution in [0.3, 0.4) is 0 Å². The lowest BCUT2D eigenvalue weighted by Gasteiger charge is -2.34. The molecule has 11 heteroatoms. The maximum Gasteiger partial charge on any atom is 0.405 e. The molecule has 4 N–H and O–H groups in total. The summed E-state index contributed by atoms with van der Waals surface area (Å²) in [6.45, 7) is -1.33. The number of aliphatic imine (C=N–C) groups is 1. The summed E-state index contributed by atoms with van der Waals surface area (Å²) in [4.78, 5) is 27.0. The predicted octanol–water partition coefficient (Wildman–Crippen LogP) is 2.81. The summed E-state index contributed by atoms with van der Waals surface area (Å²) in [6, 6.07) is 1.05. The average molecular weight is 435 g/mol. The number of hydrogen-bond acceptors (Lipinski definition) is 6. The molecule has 0 spiro atoms. The highest BCUT2D eigenvalue weighted by atomic mass is 19.4.